The Morgan fingerprint density at radius 1 is 1.38 bits per heavy atom. The van der Waals surface area contributed by atoms with Gasteiger partial charge in [-0.1, -0.05) is 6.07 Å². The summed E-state index contributed by atoms with van der Waals surface area (Å²) in [5, 5.41) is 0. The second-order valence-electron chi connectivity index (χ2n) is 6.12. The zero-order valence-electron chi connectivity index (χ0n) is 12.4. The second-order valence-corrected chi connectivity index (χ2v) is 7.35. The van der Waals surface area contributed by atoms with Crippen LogP contribution in [-0.4, -0.2) is 34.5 Å². The second kappa shape index (κ2) is 6.93. The van der Waals surface area contributed by atoms with Crippen LogP contribution in [0, 0.1) is 5.92 Å². The number of carbonyl (C=O) groups is 1. The molecule has 0 aliphatic carbocycles. The van der Waals surface area contributed by atoms with Gasteiger partial charge in [0.25, 0.3) is 0 Å². The monoisotopic (exact) mass is 305 g/mol. The molecule has 0 saturated carbocycles. The highest BCUT2D eigenvalue weighted by atomic mass is 32.2. The lowest BCUT2D eigenvalue weighted by Crippen LogP contribution is -2.44. The summed E-state index contributed by atoms with van der Waals surface area (Å²) in [6.07, 6.45) is 7.24. The normalized spacial score (nSPS) is 24.9. The number of hydrogen-bond donors (Lipinski definition) is 0. The van der Waals surface area contributed by atoms with Crippen molar-refractivity contribution in [3.05, 3.63) is 30.1 Å². The van der Waals surface area contributed by atoms with Gasteiger partial charge in [-0.2, -0.15) is 11.8 Å². The van der Waals surface area contributed by atoms with Gasteiger partial charge >= 0.3 is 0 Å². The lowest BCUT2D eigenvalue weighted by molar-refractivity contribution is -0.138. The molecule has 0 N–H and O–H groups in total. The van der Waals surface area contributed by atoms with Gasteiger partial charge in [0.1, 0.15) is 5.78 Å². The van der Waals surface area contributed by atoms with Crippen molar-refractivity contribution in [1.29, 1.82) is 0 Å². The average molecular weight is 305 g/mol. The van der Waals surface area contributed by atoms with E-state index in [1.54, 1.807) is 6.20 Å². The van der Waals surface area contributed by atoms with Crippen molar-refractivity contribution in [2.45, 2.75) is 44.1 Å². The standard InChI is InChI=1S/C17H23NO2S/c19-16(5-4-15-3-1-2-9-18-15)14-6-10-20-17(13-14)7-11-21-12-8-17/h1-3,9,14H,4-8,10-13H2. The summed E-state index contributed by atoms with van der Waals surface area (Å²) in [5.74, 6) is 2.95. The summed E-state index contributed by atoms with van der Waals surface area (Å²) in [7, 11) is 0. The van der Waals surface area contributed by atoms with Gasteiger partial charge in [0, 0.05) is 30.8 Å². The lowest BCUT2D eigenvalue weighted by Gasteiger charge is -2.43. The molecule has 114 valence electrons. The van der Waals surface area contributed by atoms with Gasteiger partial charge in [-0.25, -0.2) is 0 Å². The van der Waals surface area contributed by atoms with Gasteiger partial charge in [-0.05, 0) is 55.7 Å². The van der Waals surface area contributed by atoms with E-state index in [4.69, 9.17) is 4.74 Å². The number of ether oxygens (including phenoxy) is 1. The molecule has 0 amide bonds. The molecule has 3 rings (SSSR count). The molecule has 1 atom stereocenters. The van der Waals surface area contributed by atoms with Crippen LogP contribution < -0.4 is 0 Å². The Bertz CT molecular complexity index is 465. The van der Waals surface area contributed by atoms with Crippen LogP contribution >= 0.6 is 11.8 Å². The first-order valence-electron chi connectivity index (χ1n) is 7.92. The Labute approximate surface area is 130 Å². The number of nitrogens with zero attached hydrogens (tertiary/aromatic N) is 1. The number of hydrogen-bond acceptors (Lipinski definition) is 4. The summed E-state index contributed by atoms with van der Waals surface area (Å²) in [5.41, 5.74) is 1.02. The fraction of sp³-hybridized carbons (Fsp3) is 0.647. The number of pyridine rings is 1. The maximum absolute atomic E-state index is 12.5. The quantitative estimate of drug-likeness (QED) is 0.856. The van der Waals surface area contributed by atoms with Gasteiger partial charge < -0.3 is 4.74 Å². The van der Waals surface area contributed by atoms with Crippen LogP contribution in [0.1, 0.15) is 37.8 Å². The molecule has 2 aliphatic rings. The molecule has 3 heterocycles. The van der Waals surface area contributed by atoms with Crippen LogP contribution in [-0.2, 0) is 16.0 Å². The molecule has 2 saturated heterocycles. The van der Waals surface area contributed by atoms with Gasteiger partial charge in [-0.15, -0.1) is 0 Å². The Kier molecular flexibility index (Phi) is 4.96. The predicted octanol–water partition coefficient (Wildman–Crippen LogP) is 3.28. The zero-order valence-corrected chi connectivity index (χ0v) is 13.2. The smallest absolute Gasteiger partial charge is 0.136 e. The molecular weight excluding hydrogens is 282 g/mol. The fourth-order valence-electron chi connectivity index (χ4n) is 3.40. The molecule has 1 aromatic rings. The summed E-state index contributed by atoms with van der Waals surface area (Å²) in [4.78, 5) is 16.8. The minimum Gasteiger partial charge on any atom is -0.375 e. The number of carbonyl (C=O) groups excluding carboxylic acids is 1. The van der Waals surface area contributed by atoms with E-state index >= 15 is 0 Å². The number of thioether (sulfide) groups is 1. The highest BCUT2D eigenvalue weighted by Gasteiger charge is 2.40. The van der Waals surface area contributed by atoms with Crippen LogP contribution in [0.15, 0.2) is 24.4 Å². The van der Waals surface area contributed by atoms with Gasteiger partial charge in [0.15, 0.2) is 0 Å². The Morgan fingerprint density at radius 3 is 3.00 bits per heavy atom. The molecule has 0 bridgehead atoms. The van der Waals surface area contributed by atoms with Crippen LogP contribution in [0.3, 0.4) is 0 Å². The molecule has 1 unspecified atom stereocenters. The molecule has 2 aliphatic heterocycles. The first kappa shape index (κ1) is 15.0. The number of rotatable bonds is 4. The average Bonchev–Trinajstić information content (AvgIpc) is 2.54. The maximum atomic E-state index is 12.5. The lowest BCUT2D eigenvalue weighted by atomic mass is 9.79. The van der Waals surface area contributed by atoms with E-state index in [0.717, 1.165) is 44.4 Å². The molecule has 1 aromatic heterocycles. The number of aryl methyl sites for hydroxylation is 1. The molecule has 2 fully saturated rings. The molecule has 0 aromatic carbocycles. The van der Waals surface area contributed by atoms with Crippen LogP contribution in [0.4, 0.5) is 0 Å². The summed E-state index contributed by atoms with van der Waals surface area (Å²) in [6.45, 7) is 0.755. The van der Waals surface area contributed by atoms with Crippen LogP contribution in [0.25, 0.3) is 0 Å². The fourth-order valence-corrected chi connectivity index (χ4v) is 4.63. The first-order valence-corrected chi connectivity index (χ1v) is 9.07. The van der Waals surface area contributed by atoms with Crippen LogP contribution in [0.2, 0.25) is 0 Å². The molecular formula is C17H23NO2S. The summed E-state index contributed by atoms with van der Waals surface area (Å²) in [6, 6.07) is 5.89. The van der Waals surface area contributed by atoms with Crippen molar-refractivity contribution in [3.63, 3.8) is 0 Å². The van der Waals surface area contributed by atoms with E-state index < -0.39 is 0 Å². The third-order valence-corrected chi connectivity index (χ3v) is 5.69. The Morgan fingerprint density at radius 2 is 2.24 bits per heavy atom. The van der Waals surface area contributed by atoms with E-state index in [2.05, 4.69) is 4.98 Å². The zero-order chi connectivity index (χ0) is 14.5. The van der Waals surface area contributed by atoms with E-state index in [-0.39, 0.29) is 11.5 Å². The van der Waals surface area contributed by atoms with E-state index in [9.17, 15) is 4.79 Å². The molecule has 21 heavy (non-hydrogen) atoms. The third kappa shape index (κ3) is 3.86. The minimum atomic E-state index is 0.00875. The third-order valence-electron chi connectivity index (χ3n) is 4.71. The molecule has 4 heteroatoms. The topological polar surface area (TPSA) is 39.2 Å². The number of Topliss-reactive ketones (excluding diaryl/α,β-unsaturated/α-hetero) is 1. The van der Waals surface area contributed by atoms with Crippen molar-refractivity contribution in [2.75, 3.05) is 18.1 Å². The van der Waals surface area contributed by atoms with Crippen LogP contribution in [0.5, 0.6) is 0 Å². The number of aromatic nitrogens is 1. The van der Waals surface area contributed by atoms with E-state index in [1.165, 1.54) is 11.5 Å². The van der Waals surface area contributed by atoms with Crippen molar-refractivity contribution in [2.24, 2.45) is 5.92 Å². The van der Waals surface area contributed by atoms with Gasteiger partial charge in [0.2, 0.25) is 0 Å². The summed E-state index contributed by atoms with van der Waals surface area (Å²) < 4.78 is 6.07. The van der Waals surface area contributed by atoms with E-state index in [0.29, 0.717) is 12.2 Å². The highest BCUT2D eigenvalue weighted by molar-refractivity contribution is 7.99. The molecule has 1 spiro atoms. The van der Waals surface area contributed by atoms with Gasteiger partial charge in [0.05, 0.1) is 5.60 Å². The highest BCUT2D eigenvalue weighted by Crippen LogP contribution is 2.40. The summed E-state index contributed by atoms with van der Waals surface area (Å²) >= 11 is 2.01. The van der Waals surface area contributed by atoms with Crippen molar-refractivity contribution >= 4 is 17.5 Å². The predicted molar refractivity (Wildman–Crippen MR) is 85.5 cm³/mol. The SMILES string of the molecule is O=C(CCc1ccccn1)C1CCOC2(CCSCC2)C1. The van der Waals surface area contributed by atoms with Crippen molar-refractivity contribution in [3.8, 4) is 0 Å². The first-order chi connectivity index (χ1) is 10.3. The minimum absolute atomic E-state index is 0.00875. The molecule has 0 radical (unpaired) electrons. The Balaban J connectivity index is 1.54. The Hall–Kier alpha value is -0.870. The maximum Gasteiger partial charge on any atom is 0.136 e. The van der Waals surface area contributed by atoms with Crippen molar-refractivity contribution in [1.82, 2.24) is 4.98 Å². The largest absolute Gasteiger partial charge is 0.375 e. The van der Waals surface area contributed by atoms with Crippen molar-refractivity contribution < 1.29 is 9.53 Å². The number of ketones is 1. The van der Waals surface area contributed by atoms with E-state index in [1.807, 2.05) is 30.0 Å². The van der Waals surface area contributed by atoms with Gasteiger partial charge in [-0.3, -0.25) is 9.78 Å². The molecule has 3 nitrogen and oxygen atoms in total.